The van der Waals surface area contributed by atoms with E-state index in [1.54, 1.807) is 6.26 Å². The Morgan fingerprint density at radius 3 is 2.67 bits per heavy atom. The van der Waals surface area contributed by atoms with Gasteiger partial charge in [-0.05, 0) is 40.0 Å². The zero-order chi connectivity index (χ0) is 21.6. The predicted octanol–water partition coefficient (Wildman–Crippen LogP) is 2.16. The van der Waals surface area contributed by atoms with Crippen LogP contribution in [-0.4, -0.2) is 89.9 Å². The molecule has 1 N–H and O–H groups in total. The first-order chi connectivity index (χ1) is 14.4. The van der Waals surface area contributed by atoms with Crippen LogP contribution >= 0.6 is 0 Å². The molecule has 0 spiro atoms. The summed E-state index contributed by atoms with van der Waals surface area (Å²) in [7, 11) is 1.82. The lowest BCUT2D eigenvalue weighted by molar-refractivity contribution is 0.0103. The maximum Gasteiger partial charge on any atom is 0.410 e. The van der Waals surface area contributed by atoms with Crippen LogP contribution in [0.1, 0.15) is 45.7 Å². The first-order valence-electron chi connectivity index (χ1n) is 10.9. The standard InChI is InChI=1S/C21H36N6O3/c1-21(2,3)30-20(28)27-9-6-5-7-18(27)15-23-19(22-4)26-12-10-25(11-13-26)16-17-8-14-29-24-17/h8,14,18H,5-7,9-13,15-16H2,1-4H3,(H,22,23). The summed E-state index contributed by atoms with van der Waals surface area (Å²) in [4.78, 5) is 23.6. The van der Waals surface area contributed by atoms with Gasteiger partial charge in [0.05, 0.1) is 11.7 Å². The van der Waals surface area contributed by atoms with Gasteiger partial charge in [0.2, 0.25) is 0 Å². The lowest BCUT2D eigenvalue weighted by atomic mass is 10.0. The molecular weight excluding hydrogens is 384 g/mol. The number of aromatic nitrogens is 1. The molecule has 2 aliphatic heterocycles. The number of carbonyl (C=O) groups is 1. The number of nitrogens with one attached hydrogen (secondary N) is 1. The Morgan fingerprint density at radius 1 is 1.27 bits per heavy atom. The van der Waals surface area contributed by atoms with Crippen molar-refractivity contribution in [2.24, 2.45) is 4.99 Å². The summed E-state index contributed by atoms with van der Waals surface area (Å²) >= 11 is 0. The van der Waals surface area contributed by atoms with Gasteiger partial charge in [-0.2, -0.15) is 0 Å². The van der Waals surface area contributed by atoms with Gasteiger partial charge < -0.3 is 24.4 Å². The number of rotatable bonds is 4. The van der Waals surface area contributed by atoms with E-state index in [4.69, 9.17) is 9.26 Å². The fourth-order valence-electron chi connectivity index (χ4n) is 3.98. The molecule has 3 heterocycles. The van der Waals surface area contributed by atoms with Crippen molar-refractivity contribution < 1.29 is 14.1 Å². The molecule has 9 heteroatoms. The van der Waals surface area contributed by atoms with Crippen LogP contribution in [0, 0.1) is 0 Å². The third kappa shape index (κ3) is 6.35. The molecule has 0 aliphatic carbocycles. The zero-order valence-corrected chi connectivity index (χ0v) is 18.8. The fourth-order valence-corrected chi connectivity index (χ4v) is 3.98. The molecule has 0 bridgehead atoms. The van der Waals surface area contributed by atoms with E-state index >= 15 is 0 Å². The number of likely N-dealkylation sites (tertiary alicyclic amines) is 1. The Morgan fingerprint density at radius 2 is 2.03 bits per heavy atom. The first kappa shape index (κ1) is 22.4. The van der Waals surface area contributed by atoms with Gasteiger partial charge in [0.15, 0.2) is 5.96 Å². The van der Waals surface area contributed by atoms with Gasteiger partial charge in [0, 0.05) is 58.9 Å². The van der Waals surface area contributed by atoms with Gasteiger partial charge in [-0.15, -0.1) is 0 Å². The molecule has 1 amide bonds. The van der Waals surface area contributed by atoms with Crippen LogP contribution in [0.2, 0.25) is 0 Å². The van der Waals surface area contributed by atoms with Gasteiger partial charge >= 0.3 is 6.09 Å². The number of carbonyl (C=O) groups excluding carboxylic acids is 1. The normalized spacial score (nSPS) is 21.6. The molecule has 1 aromatic rings. The minimum Gasteiger partial charge on any atom is -0.444 e. The smallest absolute Gasteiger partial charge is 0.410 e. The average molecular weight is 421 g/mol. The van der Waals surface area contributed by atoms with Gasteiger partial charge in [-0.1, -0.05) is 5.16 Å². The minimum absolute atomic E-state index is 0.124. The predicted molar refractivity (Wildman–Crippen MR) is 115 cm³/mol. The Kier molecular flexibility index (Phi) is 7.58. The molecule has 0 saturated carbocycles. The number of hydrogen-bond donors (Lipinski definition) is 1. The average Bonchev–Trinajstić information content (AvgIpc) is 3.21. The summed E-state index contributed by atoms with van der Waals surface area (Å²) in [6.07, 6.45) is 4.53. The second-order valence-corrected chi connectivity index (χ2v) is 9.01. The van der Waals surface area contributed by atoms with Crippen molar-refractivity contribution in [1.29, 1.82) is 0 Å². The lowest BCUT2D eigenvalue weighted by Crippen LogP contribution is -2.55. The summed E-state index contributed by atoms with van der Waals surface area (Å²) in [6.45, 7) is 11.7. The lowest BCUT2D eigenvalue weighted by Gasteiger charge is -2.39. The highest BCUT2D eigenvalue weighted by molar-refractivity contribution is 5.80. The number of amides is 1. The summed E-state index contributed by atoms with van der Waals surface area (Å²) < 4.78 is 10.5. The van der Waals surface area contributed by atoms with E-state index in [9.17, 15) is 4.79 Å². The van der Waals surface area contributed by atoms with Crippen molar-refractivity contribution in [2.45, 2.75) is 58.2 Å². The highest BCUT2D eigenvalue weighted by Gasteiger charge is 2.31. The second-order valence-electron chi connectivity index (χ2n) is 9.01. The quantitative estimate of drug-likeness (QED) is 0.590. The third-order valence-electron chi connectivity index (χ3n) is 5.51. The van der Waals surface area contributed by atoms with E-state index < -0.39 is 5.60 Å². The Hall–Kier alpha value is -2.29. The van der Waals surface area contributed by atoms with Crippen molar-refractivity contribution in [3.63, 3.8) is 0 Å². The van der Waals surface area contributed by atoms with Crippen molar-refractivity contribution in [2.75, 3.05) is 46.3 Å². The molecule has 2 saturated heterocycles. The second kappa shape index (κ2) is 10.1. The van der Waals surface area contributed by atoms with E-state index in [-0.39, 0.29) is 12.1 Å². The summed E-state index contributed by atoms with van der Waals surface area (Å²) in [5.74, 6) is 0.894. The molecule has 1 atom stereocenters. The minimum atomic E-state index is -0.478. The highest BCUT2D eigenvalue weighted by Crippen LogP contribution is 2.20. The molecule has 2 aliphatic rings. The Balaban J connectivity index is 1.48. The topological polar surface area (TPSA) is 86.4 Å². The number of ether oxygens (including phenoxy) is 1. The fraction of sp³-hybridized carbons (Fsp3) is 0.762. The Labute approximate surface area is 179 Å². The zero-order valence-electron chi connectivity index (χ0n) is 18.8. The molecule has 1 aromatic heterocycles. The van der Waals surface area contributed by atoms with Crippen LogP contribution in [0.4, 0.5) is 4.79 Å². The van der Waals surface area contributed by atoms with Gasteiger partial charge in [0.1, 0.15) is 11.9 Å². The van der Waals surface area contributed by atoms with Gasteiger partial charge in [-0.25, -0.2) is 4.79 Å². The van der Waals surface area contributed by atoms with E-state index in [0.717, 1.165) is 70.2 Å². The molecule has 0 aromatic carbocycles. The maximum absolute atomic E-state index is 12.6. The monoisotopic (exact) mass is 420 g/mol. The molecule has 30 heavy (non-hydrogen) atoms. The summed E-state index contributed by atoms with van der Waals surface area (Å²) in [6, 6.07) is 2.03. The van der Waals surface area contributed by atoms with Gasteiger partial charge in [-0.3, -0.25) is 9.89 Å². The molecule has 3 rings (SSSR count). The SMILES string of the molecule is CN=C(NCC1CCCCN1C(=O)OC(C)(C)C)N1CCN(Cc2ccon2)CC1. The van der Waals surface area contributed by atoms with Crippen molar-refractivity contribution >= 4 is 12.1 Å². The summed E-state index contributed by atoms with van der Waals surface area (Å²) in [5, 5.41) is 7.49. The van der Waals surface area contributed by atoms with Crippen LogP contribution in [0.5, 0.6) is 0 Å². The van der Waals surface area contributed by atoms with Crippen LogP contribution in [0.15, 0.2) is 21.8 Å². The highest BCUT2D eigenvalue weighted by atomic mass is 16.6. The van der Waals surface area contributed by atoms with Crippen LogP contribution in [0.3, 0.4) is 0 Å². The first-order valence-corrected chi connectivity index (χ1v) is 10.9. The third-order valence-corrected chi connectivity index (χ3v) is 5.51. The van der Waals surface area contributed by atoms with E-state index in [0.29, 0.717) is 6.54 Å². The van der Waals surface area contributed by atoms with Crippen LogP contribution < -0.4 is 5.32 Å². The largest absolute Gasteiger partial charge is 0.444 e. The molecular formula is C21H36N6O3. The molecule has 168 valence electrons. The summed E-state index contributed by atoms with van der Waals surface area (Å²) in [5.41, 5.74) is 0.485. The van der Waals surface area contributed by atoms with E-state index in [2.05, 4.69) is 25.3 Å². The number of hydrogen-bond acceptors (Lipinski definition) is 6. The van der Waals surface area contributed by atoms with Crippen molar-refractivity contribution in [1.82, 2.24) is 25.2 Å². The van der Waals surface area contributed by atoms with E-state index in [1.807, 2.05) is 38.8 Å². The number of piperazine rings is 1. The molecule has 9 nitrogen and oxygen atoms in total. The number of aliphatic imine (C=N–C) groups is 1. The van der Waals surface area contributed by atoms with Gasteiger partial charge in [0.25, 0.3) is 0 Å². The molecule has 0 radical (unpaired) electrons. The molecule has 1 unspecified atom stereocenters. The number of guanidine groups is 1. The van der Waals surface area contributed by atoms with Crippen LogP contribution in [0.25, 0.3) is 0 Å². The van der Waals surface area contributed by atoms with Crippen LogP contribution in [-0.2, 0) is 11.3 Å². The number of nitrogens with zero attached hydrogens (tertiary/aromatic N) is 5. The van der Waals surface area contributed by atoms with Crippen molar-refractivity contribution in [3.05, 3.63) is 18.0 Å². The van der Waals surface area contributed by atoms with Crippen molar-refractivity contribution in [3.8, 4) is 0 Å². The number of piperidine rings is 1. The maximum atomic E-state index is 12.6. The Bertz CT molecular complexity index is 692. The van der Waals surface area contributed by atoms with E-state index in [1.165, 1.54) is 0 Å². The molecule has 2 fully saturated rings.